The summed E-state index contributed by atoms with van der Waals surface area (Å²) in [7, 11) is 0. The van der Waals surface area contributed by atoms with Crippen LogP contribution >= 0.6 is 0 Å². The van der Waals surface area contributed by atoms with Crippen molar-refractivity contribution in [2.24, 2.45) is 0 Å². The predicted octanol–water partition coefficient (Wildman–Crippen LogP) is 3.52. The van der Waals surface area contributed by atoms with E-state index in [0.29, 0.717) is 44.0 Å². The Morgan fingerprint density at radius 3 is 2.23 bits per heavy atom. The second-order valence-corrected chi connectivity index (χ2v) is 6.89. The molecule has 30 heavy (non-hydrogen) atoms. The standard InChI is InChI=1S/C21H24N4O5/c1-2-15-30-20(26)16-3-5-17(6-4-16)22-21(27)24-13-11-23(12-14-24)18-7-9-19(10-8-18)25(28)29/h3-10H,2,11-15H2,1H3,(H,22,27). The van der Waals surface area contributed by atoms with E-state index in [-0.39, 0.29) is 17.7 Å². The molecule has 158 valence electrons. The molecular formula is C21H24N4O5. The number of rotatable bonds is 6. The van der Waals surface area contributed by atoms with Gasteiger partial charge in [-0.25, -0.2) is 9.59 Å². The summed E-state index contributed by atoms with van der Waals surface area (Å²) < 4.78 is 5.09. The fourth-order valence-electron chi connectivity index (χ4n) is 3.12. The molecule has 9 heteroatoms. The van der Waals surface area contributed by atoms with Crippen molar-refractivity contribution in [2.75, 3.05) is 43.0 Å². The van der Waals surface area contributed by atoms with Gasteiger partial charge in [-0.2, -0.15) is 0 Å². The average Bonchev–Trinajstić information content (AvgIpc) is 2.78. The molecule has 2 amide bonds. The van der Waals surface area contributed by atoms with Crippen molar-refractivity contribution in [1.29, 1.82) is 0 Å². The zero-order chi connectivity index (χ0) is 21.5. The molecule has 3 rings (SSSR count). The summed E-state index contributed by atoms with van der Waals surface area (Å²) in [5.74, 6) is -0.378. The average molecular weight is 412 g/mol. The topological polar surface area (TPSA) is 105 Å². The van der Waals surface area contributed by atoms with E-state index in [1.807, 2.05) is 6.92 Å². The van der Waals surface area contributed by atoms with Crippen LogP contribution in [0.1, 0.15) is 23.7 Å². The molecule has 1 heterocycles. The van der Waals surface area contributed by atoms with Gasteiger partial charge in [-0.3, -0.25) is 10.1 Å². The lowest BCUT2D eigenvalue weighted by molar-refractivity contribution is -0.384. The number of anilines is 2. The minimum atomic E-state index is -0.424. The number of nitrogens with one attached hydrogen (secondary N) is 1. The molecule has 0 aliphatic carbocycles. The van der Waals surface area contributed by atoms with Gasteiger partial charge in [-0.15, -0.1) is 0 Å². The summed E-state index contributed by atoms with van der Waals surface area (Å²) in [4.78, 5) is 38.5. The number of nitro groups is 1. The van der Waals surface area contributed by atoms with E-state index < -0.39 is 4.92 Å². The lowest BCUT2D eigenvalue weighted by Crippen LogP contribution is -2.50. The molecule has 0 radical (unpaired) electrons. The van der Waals surface area contributed by atoms with Gasteiger partial charge in [0.15, 0.2) is 0 Å². The first kappa shape index (κ1) is 21.1. The Hall–Kier alpha value is -3.62. The lowest BCUT2D eigenvalue weighted by Gasteiger charge is -2.36. The van der Waals surface area contributed by atoms with E-state index in [9.17, 15) is 19.7 Å². The number of piperazine rings is 1. The molecule has 1 N–H and O–H groups in total. The van der Waals surface area contributed by atoms with Crippen molar-refractivity contribution in [1.82, 2.24) is 4.90 Å². The molecule has 0 atom stereocenters. The second kappa shape index (κ2) is 9.73. The van der Waals surface area contributed by atoms with Gasteiger partial charge in [-0.05, 0) is 42.8 Å². The monoisotopic (exact) mass is 412 g/mol. The second-order valence-electron chi connectivity index (χ2n) is 6.89. The van der Waals surface area contributed by atoms with Crippen LogP contribution in [-0.2, 0) is 4.74 Å². The van der Waals surface area contributed by atoms with E-state index in [1.54, 1.807) is 41.3 Å². The van der Waals surface area contributed by atoms with Crippen LogP contribution in [0.25, 0.3) is 0 Å². The quantitative estimate of drug-likeness (QED) is 0.442. The number of ether oxygens (including phenoxy) is 1. The van der Waals surface area contributed by atoms with Gasteiger partial charge in [0.2, 0.25) is 0 Å². The molecule has 0 bridgehead atoms. The van der Waals surface area contributed by atoms with Gasteiger partial charge < -0.3 is 19.9 Å². The van der Waals surface area contributed by atoms with E-state index in [0.717, 1.165) is 12.1 Å². The Morgan fingerprint density at radius 2 is 1.67 bits per heavy atom. The zero-order valence-electron chi connectivity index (χ0n) is 16.7. The maximum absolute atomic E-state index is 12.5. The van der Waals surface area contributed by atoms with Crippen LogP contribution in [0.5, 0.6) is 0 Å². The fourth-order valence-corrected chi connectivity index (χ4v) is 3.12. The molecule has 1 aliphatic rings. The Kier molecular flexibility index (Phi) is 6.84. The van der Waals surface area contributed by atoms with E-state index >= 15 is 0 Å². The molecule has 2 aromatic carbocycles. The van der Waals surface area contributed by atoms with Gasteiger partial charge >= 0.3 is 12.0 Å². The van der Waals surface area contributed by atoms with Crippen LogP contribution in [0.2, 0.25) is 0 Å². The number of non-ortho nitro benzene ring substituents is 1. The Bertz CT molecular complexity index is 891. The summed E-state index contributed by atoms with van der Waals surface area (Å²) in [6.07, 6.45) is 0.761. The summed E-state index contributed by atoms with van der Waals surface area (Å²) in [5.41, 5.74) is 2.00. The van der Waals surface area contributed by atoms with Crippen LogP contribution in [-0.4, -0.2) is 54.6 Å². The molecule has 2 aromatic rings. The highest BCUT2D eigenvalue weighted by atomic mass is 16.6. The minimum Gasteiger partial charge on any atom is -0.462 e. The van der Waals surface area contributed by atoms with E-state index in [4.69, 9.17) is 4.74 Å². The smallest absolute Gasteiger partial charge is 0.338 e. The predicted molar refractivity (Wildman–Crippen MR) is 113 cm³/mol. The summed E-state index contributed by atoms with van der Waals surface area (Å²) in [6, 6.07) is 12.8. The number of hydrogen-bond donors (Lipinski definition) is 1. The minimum absolute atomic E-state index is 0.0569. The van der Waals surface area contributed by atoms with Crippen LogP contribution in [0.4, 0.5) is 21.9 Å². The summed E-state index contributed by atoms with van der Waals surface area (Å²) >= 11 is 0. The van der Waals surface area contributed by atoms with E-state index in [1.165, 1.54) is 12.1 Å². The summed E-state index contributed by atoms with van der Waals surface area (Å²) in [6.45, 7) is 4.64. The van der Waals surface area contributed by atoms with Crippen molar-refractivity contribution < 1.29 is 19.2 Å². The van der Waals surface area contributed by atoms with Crippen molar-refractivity contribution >= 4 is 29.1 Å². The van der Waals surface area contributed by atoms with Crippen molar-refractivity contribution in [2.45, 2.75) is 13.3 Å². The first-order valence-corrected chi connectivity index (χ1v) is 9.80. The Balaban J connectivity index is 1.50. The third kappa shape index (κ3) is 5.25. The number of esters is 1. The number of amides is 2. The number of nitrogens with zero attached hydrogens (tertiary/aromatic N) is 3. The first-order chi connectivity index (χ1) is 14.5. The lowest BCUT2D eigenvalue weighted by atomic mass is 10.2. The highest BCUT2D eigenvalue weighted by Gasteiger charge is 2.22. The van der Waals surface area contributed by atoms with Gasteiger partial charge in [0, 0.05) is 49.7 Å². The van der Waals surface area contributed by atoms with Crippen LogP contribution < -0.4 is 10.2 Å². The van der Waals surface area contributed by atoms with Crippen LogP contribution in [0.15, 0.2) is 48.5 Å². The van der Waals surface area contributed by atoms with Crippen LogP contribution in [0.3, 0.4) is 0 Å². The van der Waals surface area contributed by atoms with Gasteiger partial charge in [0.1, 0.15) is 0 Å². The van der Waals surface area contributed by atoms with E-state index in [2.05, 4.69) is 10.2 Å². The van der Waals surface area contributed by atoms with Crippen molar-refractivity contribution in [3.05, 3.63) is 64.2 Å². The molecule has 0 spiro atoms. The molecule has 1 saturated heterocycles. The molecule has 1 fully saturated rings. The third-order valence-corrected chi connectivity index (χ3v) is 4.80. The molecule has 0 unspecified atom stereocenters. The maximum atomic E-state index is 12.5. The Morgan fingerprint density at radius 1 is 1.03 bits per heavy atom. The number of carbonyl (C=O) groups excluding carboxylic acids is 2. The molecule has 0 aromatic heterocycles. The SMILES string of the molecule is CCCOC(=O)c1ccc(NC(=O)N2CCN(c3ccc([N+](=O)[O-])cc3)CC2)cc1. The molecule has 1 aliphatic heterocycles. The zero-order valence-corrected chi connectivity index (χ0v) is 16.7. The third-order valence-electron chi connectivity index (χ3n) is 4.80. The highest BCUT2D eigenvalue weighted by molar-refractivity contribution is 5.92. The largest absolute Gasteiger partial charge is 0.462 e. The molecular weight excluding hydrogens is 388 g/mol. The van der Waals surface area contributed by atoms with Crippen LogP contribution in [0, 0.1) is 10.1 Å². The number of hydrogen-bond acceptors (Lipinski definition) is 6. The molecule has 0 saturated carbocycles. The van der Waals surface area contributed by atoms with Gasteiger partial charge in [0.05, 0.1) is 17.1 Å². The maximum Gasteiger partial charge on any atom is 0.338 e. The number of nitro benzene ring substituents is 1. The Labute approximate surface area is 174 Å². The first-order valence-electron chi connectivity index (χ1n) is 9.80. The number of benzene rings is 2. The fraction of sp³-hybridized carbons (Fsp3) is 0.333. The van der Waals surface area contributed by atoms with Gasteiger partial charge in [-0.1, -0.05) is 6.92 Å². The summed E-state index contributed by atoms with van der Waals surface area (Å²) in [5, 5.41) is 13.6. The normalized spacial score (nSPS) is 13.6. The number of urea groups is 1. The van der Waals surface area contributed by atoms with Crippen molar-refractivity contribution in [3.8, 4) is 0 Å². The van der Waals surface area contributed by atoms with Crippen molar-refractivity contribution in [3.63, 3.8) is 0 Å². The molecule has 9 nitrogen and oxygen atoms in total. The van der Waals surface area contributed by atoms with Gasteiger partial charge in [0.25, 0.3) is 5.69 Å². The number of carbonyl (C=O) groups is 2. The highest BCUT2D eigenvalue weighted by Crippen LogP contribution is 2.21.